The van der Waals surface area contributed by atoms with Crippen LogP contribution in [0.25, 0.3) is 0 Å². The largest absolute Gasteiger partial charge is 0.538 e. The highest BCUT2D eigenvalue weighted by Gasteiger charge is 2.27. The maximum Gasteiger partial charge on any atom is 0.408 e. The van der Waals surface area contributed by atoms with E-state index in [9.17, 15) is 4.79 Å². The van der Waals surface area contributed by atoms with Gasteiger partial charge in [0.05, 0.1) is 6.04 Å². The minimum atomic E-state index is -1.77. The third-order valence-corrected chi connectivity index (χ3v) is 3.44. The highest BCUT2D eigenvalue weighted by atomic mass is 32.1. The summed E-state index contributed by atoms with van der Waals surface area (Å²) in [6.45, 7) is 15.9. The molecule has 0 radical (unpaired) electrons. The zero-order valence-electron chi connectivity index (χ0n) is 14.0. The predicted molar refractivity (Wildman–Crippen MR) is 89.6 cm³/mol. The van der Waals surface area contributed by atoms with Crippen LogP contribution in [0.1, 0.15) is 41.0 Å². The summed E-state index contributed by atoms with van der Waals surface area (Å²) in [7, 11) is -1.77. The standard InChI is InChI=1S/C14H29NO3SSi/c1-10(2)9-11(12(19)18-20(6,7)8)15-13(16)17-14(3,4)5/h10-11H,9H2,1-8H3,(H,15,16). The van der Waals surface area contributed by atoms with Gasteiger partial charge in [0.25, 0.3) is 0 Å². The zero-order valence-corrected chi connectivity index (χ0v) is 15.8. The minimum Gasteiger partial charge on any atom is -0.538 e. The number of thiocarbonyl (C=S) groups is 1. The summed E-state index contributed by atoms with van der Waals surface area (Å²) in [5, 5.41) is 3.28. The van der Waals surface area contributed by atoms with Gasteiger partial charge in [0.15, 0.2) is 5.05 Å². The second kappa shape index (κ2) is 7.40. The molecule has 0 aromatic carbocycles. The van der Waals surface area contributed by atoms with Crippen molar-refractivity contribution in [1.82, 2.24) is 5.32 Å². The average molecular weight is 320 g/mol. The van der Waals surface area contributed by atoms with E-state index in [2.05, 4.69) is 38.8 Å². The first-order valence-electron chi connectivity index (χ1n) is 7.02. The highest BCUT2D eigenvalue weighted by molar-refractivity contribution is 7.80. The molecular formula is C14H29NO3SSi. The van der Waals surface area contributed by atoms with Crippen LogP contribution < -0.4 is 5.32 Å². The van der Waals surface area contributed by atoms with Crippen molar-refractivity contribution in [2.75, 3.05) is 0 Å². The zero-order chi connectivity index (χ0) is 16.1. The van der Waals surface area contributed by atoms with Gasteiger partial charge in [-0.15, -0.1) is 0 Å². The average Bonchev–Trinajstić information content (AvgIpc) is 2.09. The molecule has 0 aliphatic heterocycles. The molecule has 118 valence electrons. The minimum absolute atomic E-state index is 0.286. The van der Waals surface area contributed by atoms with Crippen LogP contribution in [0.2, 0.25) is 19.6 Å². The van der Waals surface area contributed by atoms with E-state index >= 15 is 0 Å². The van der Waals surface area contributed by atoms with E-state index in [0.29, 0.717) is 11.0 Å². The van der Waals surface area contributed by atoms with Gasteiger partial charge in [0, 0.05) is 0 Å². The Morgan fingerprint density at radius 1 is 1.25 bits per heavy atom. The van der Waals surface area contributed by atoms with Gasteiger partial charge in [-0.2, -0.15) is 0 Å². The van der Waals surface area contributed by atoms with E-state index in [1.54, 1.807) is 0 Å². The molecule has 0 heterocycles. The summed E-state index contributed by atoms with van der Waals surface area (Å²) in [6.07, 6.45) is 0.285. The lowest BCUT2D eigenvalue weighted by molar-refractivity contribution is 0.0511. The number of hydrogen-bond donors (Lipinski definition) is 1. The van der Waals surface area contributed by atoms with Gasteiger partial charge in [0.1, 0.15) is 5.60 Å². The topological polar surface area (TPSA) is 47.6 Å². The van der Waals surface area contributed by atoms with Gasteiger partial charge in [-0.05, 0) is 65.0 Å². The Labute approximate surface area is 129 Å². The van der Waals surface area contributed by atoms with E-state index in [-0.39, 0.29) is 6.04 Å². The summed E-state index contributed by atoms with van der Waals surface area (Å²) >= 11 is 5.34. The van der Waals surface area contributed by atoms with E-state index in [0.717, 1.165) is 6.42 Å². The maximum atomic E-state index is 11.9. The van der Waals surface area contributed by atoms with Crippen molar-refractivity contribution in [3.63, 3.8) is 0 Å². The Bertz CT molecular complexity index is 345. The van der Waals surface area contributed by atoms with Crippen molar-refractivity contribution in [1.29, 1.82) is 0 Å². The predicted octanol–water partition coefficient (Wildman–Crippen LogP) is 4.10. The Hall–Kier alpha value is -0.623. The van der Waals surface area contributed by atoms with Gasteiger partial charge in [0.2, 0.25) is 8.32 Å². The Kier molecular flexibility index (Phi) is 7.17. The Morgan fingerprint density at radius 2 is 1.75 bits per heavy atom. The summed E-state index contributed by atoms with van der Waals surface area (Å²) in [6, 6.07) is -0.286. The molecule has 1 atom stereocenters. The van der Waals surface area contributed by atoms with Gasteiger partial charge >= 0.3 is 6.09 Å². The number of carbonyl (C=O) groups is 1. The molecule has 1 N–H and O–H groups in total. The lowest BCUT2D eigenvalue weighted by Gasteiger charge is -2.28. The van der Waals surface area contributed by atoms with E-state index in [1.165, 1.54) is 0 Å². The van der Waals surface area contributed by atoms with Crippen LogP contribution in [0.4, 0.5) is 4.79 Å². The first-order chi connectivity index (χ1) is 8.80. The molecule has 0 fully saturated rings. The number of rotatable bonds is 5. The number of hydrogen-bond acceptors (Lipinski definition) is 4. The second-order valence-corrected chi connectivity index (χ2v) is 12.2. The van der Waals surface area contributed by atoms with Crippen molar-refractivity contribution in [2.24, 2.45) is 5.92 Å². The molecule has 0 aliphatic carbocycles. The monoisotopic (exact) mass is 319 g/mol. The highest BCUT2D eigenvalue weighted by Crippen LogP contribution is 2.14. The molecule has 0 saturated carbocycles. The van der Waals surface area contributed by atoms with Crippen LogP contribution in [0, 0.1) is 5.92 Å². The lowest BCUT2D eigenvalue weighted by Crippen LogP contribution is -2.46. The summed E-state index contributed by atoms with van der Waals surface area (Å²) in [5.74, 6) is 0.401. The van der Waals surface area contributed by atoms with Crippen molar-refractivity contribution in [2.45, 2.75) is 72.3 Å². The lowest BCUT2D eigenvalue weighted by atomic mass is 10.0. The Balaban J connectivity index is 4.73. The first kappa shape index (κ1) is 19.4. The molecule has 20 heavy (non-hydrogen) atoms. The number of alkyl carbamates (subject to hydrolysis) is 1. The Morgan fingerprint density at radius 3 is 2.10 bits per heavy atom. The SMILES string of the molecule is CC(C)CC(NC(=O)OC(C)(C)C)C(=S)O[Si](C)(C)C. The van der Waals surface area contributed by atoms with Crippen molar-refractivity contribution in [3.8, 4) is 0 Å². The van der Waals surface area contributed by atoms with Crippen LogP contribution in [0.15, 0.2) is 0 Å². The number of nitrogens with one attached hydrogen (secondary N) is 1. The molecule has 0 aromatic heterocycles. The molecule has 0 rings (SSSR count). The van der Waals surface area contributed by atoms with Crippen molar-refractivity contribution < 1.29 is 14.0 Å². The molecule has 1 unspecified atom stereocenters. The fourth-order valence-electron chi connectivity index (χ4n) is 1.51. The summed E-state index contributed by atoms with van der Waals surface area (Å²) in [4.78, 5) is 11.9. The van der Waals surface area contributed by atoms with Crippen molar-refractivity contribution in [3.05, 3.63) is 0 Å². The number of amides is 1. The van der Waals surface area contributed by atoms with Gasteiger partial charge in [-0.1, -0.05) is 13.8 Å². The van der Waals surface area contributed by atoms with Crippen LogP contribution >= 0.6 is 12.2 Å². The second-order valence-electron chi connectivity index (χ2n) is 7.36. The van der Waals surface area contributed by atoms with Crippen LogP contribution in [0.5, 0.6) is 0 Å². The van der Waals surface area contributed by atoms with Crippen LogP contribution in [-0.4, -0.2) is 31.1 Å². The fourth-order valence-corrected chi connectivity index (χ4v) is 3.16. The number of carbonyl (C=O) groups excluding carboxylic acids is 1. The van der Waals surface area contributed by atoms with Crippen LogP contribution in [-0.2, 0) is 9.16 Å². The van der Waals surface area contributed by atoms with E-state index in [4.69, 9.17) is 21.4 Å². The van der Waals surface area contributed by atoms with Gasteiger partial charge in [-0.25, -0.2) is 4.79 Å². The van der Waals surface area contributed by atoms with E-state index < -0.39 is 20.0 Å². The normalized spacial score (nSPS) is 13.8. The quantitative estimate of drug-likeness (QED) is 0.612. The fraction of sp³-hybridized carbons (Fsp3) is 0.857. The smallest absolute Gasteiger partial charge is 0.408 e. The first-order valence-corrected chi connectivity index (χ1v) is 10.8. The van der Waals surface area contributed by atoms with Crippen molar-refractivity contribution >= 4 is 31.7 Å². The molecule has 0 aromatic rings. The molecule has 1 amide bonds. The molecule has 6 heteroatoms. The molecule has 4 nitrogen and oxygen atoms in total. The van der Waals surface area contributed by atoms with Gasteiger partial charge in [-0.3, -0.25) is 0 Å². The van der Waals surface area contributed by atoms with Gasteiger partial charge < -0.3 is 14.5 Å². The summed E-state index contributed by atoms with van der Waals surface area (Å²) < 4.78 is 11.1. The summed E-state index contributed by atoms with van der Waals surface area (Å²) in [5.41, 5.74) is -0.520. The molecule has 0 aliphatic rings. The van der Waals surface area contributed by atoms with E-state index in [1.807, 2.05) is 20.8 Å². The maximum absolute atomic E-state index is 11.9. The molecule has 0 saturated heterocycles. The molecule has 0 bridgehead atoms. The molecular weight excluding hydrogens is 290 g/mol. The van der Waals surface area contributed by atoms with Crippen LogP contribution in [0.3, 0.4) is 0 Å². The third-order valence-electron chi connectivity index (χ3n) is 2.09. The molecule has 0 spiro atoms. The number of ether oxygens (including phenoxy) is 1. The third kappa shape index (κ3) is 10.2.